The molecule has 2 rings (SSSR count). The molecule has 13 heteroatoms. The van der Waals surface area contributed by atoms with Crippen LogP contribution < -0.4 is 0 Å². The molecule has 0 aliphatic heterocycles. The summed E-state index contributed by atoms with van der Waals surface area (Å²) in [5, 5.41) is 17.8. The third-order valence-corrected chi connectivity index (χ3v) is 5.99. The summed E-state index contributed by atoms with van der Waals surface area (Å²) in [6.07, 6.45) is 0.863. The van der Waals surface area contributed by atoms with E-state index in [1.165, 1.54) is 0 Å². The number of aliphatic hydroxyl groups is 1. The molecular formula is C32H48N2O11. The Hall–Kier alpha value is -4.13. The van der Waals surface area contributed by atoms with E-state index in [9.17, 15) is 24.0 Å². The second kappa shape index (κ2) is 16.8. The lowest BCUT2D eigenvalue weighted by atomic mass is 10.1. The van der Waals surface area contributed by atoms with Gasteiger partial charge >= 0.3 is 29.8 Å². The molecule has 0 aliphatic carbocycles. The number of hydrogen-bond acceptors (Lipinski definition) is 10. The van der Waals surface area contributed by atoms with Crippen LogP contribution in [0.15, 0.2) is 0 Å². The van der Waals surface area contributed by atoms with Crippen molar-refractivity contribution in [3.63, 3.8) is 0 Å². The molecule has 0 atom stereocenters. The highest BCUT2D eigenvalue weighted by molar-refractivity contribution is 5.99. The maximum atomic E-state index is 12.2. The highest BCUT2D eigenvalue weighted by Gasteiger charge is 2.29. The van der Waals surface area contributed by atoms with Crippen LogP contribution in [-0.4, -0.2) is 81.1 Å². The summed E-state index contributed by atoms with van der Waals surface area (Å²) in [5.41, 5.74) is 1.53. The van der Waals surface area contributed by atoms with E-state index in [0.717, 1.165) is 0 Å². The van der Waals surface area contributed by atoms with Crippen molar-refractivity contribution in [2.45, 2.75) is 106 Å². The quantitative estimate of drug-likeness (QED) is 0.184. The van der Waals surface area contributed by atoms with Gasteiger partial charge in [0.15, 0.2) is 0 Å². The number of aromatic nitrogens is 2. The average molecular weight is 637 g/mol. The Balaban J connectivity index is 0.000000450. The van der Waals surface area contributed by atoms with Crippen LogP contribution in [0.2, 0.25) is 0 Å². The van der Waals surface area contributed by atoms with Gasteiger partial charge in [-0.05, 0) is 99.6 Å². The zero-order valence-electron chi connectivity index (χ0n) is 28.0. The third-order valence-electron chi connectivity index (χ3n) is 5.99. The first-order valence-electron chi connectivity index (χ1n) is 14.8. The normalized spacial score (nSPS) is 11.3. The Labute approximate surface area is 264 Å². The van der Waals surface area contributed by atoms with E-state index in [4.69, 9.17) is 29.2 Å². The fourth-order valence-electron chi connectivity index (χ4n) is 4.21. The maximum Gasteiger partial charge on any atom is 0.355 e. The number of esters is 4. The predicted molar refractivity (Wildman–Crippen MR) is 165 cm³/mol. The first-order chi connectivity index (χ1) is 20.8. The molecule has 0 unspecified atom stereocenters. The molecule has 0 spiro atoms. The number of aromatic amines is 2. The van der Waals surface area contributed by atoms with E-state index < -0.39 is 41.0 Å². The Morgan fingerprint density at radius 1 is 0.667 bits per heavy atom. The number of H-pyrrole nitrogens is 2. The van der Waals surface area contributed by atoms with E-state index in [1.807, 2.05) is 0 Å². The van der Waals surface area contributed by atoms with Crippen molar-refractivity contribution in [3.05, 3.63) is 45.0 Å². The summed E-state index contributed by atoms with van der Waals surface area (Å²) in [7, 11) is 0. The molecule has 13 nitrogen and oxygen atoms in total. The number of carbonyl (C=O) groups excluding carboxylic acids is 4. The molecule has 2 heterocycles. The van der Waals surface area contributed by atoms with Crippen LogP contribution in [0.25, 0.3) is 0 Å². The van der Waals surface area contributed by atoms with Gasteiger partial charge in [0.05, 0.1) is 30.8 Å². The van der Waals surface area contributed by atoms with Crippen LogP contribution >= 0.6 is 0 Å². The van der Waals surface area contributed by atoms with Crippen LogP contribution in [0.1, 0.15) is 132 Å². The Morgan fingerprint density at radius 3 is 1.36 bits per heavy atom. The molecule has 0 fully saturated rings. The van der Waals surface area contributed by atoms with Gasteiger partial charge in [-0.15, -0.1) is 0 Å². The molecular weight excluding hydrogens is 588 g/mol. The minimum atomic E-state index is -0.995. The molecule has 0 amide bonds. The minimum absolute atomic E-state index is 0.00209. The van der Waals surface area contributed by atoms with Gasteiger partial charge in [-0.2, -0.15) is 0 Å². The second-order valence-electron chi connectivity index (χ2n) is 12.1. The van der Waals surface area contributed by atoms with Crippen molar-refractivity contribution in [1.82, 2.24) is 9.97 Å². The number of rotatable bonds is 12. The van der Waals surface area contributed by atoms with Gasteiger partial charge in [0, 0.05) is 18.0 Å². The van der Waals surface area contributed by atoms with E-state index in [-0.39, 0.29) is 49.6 Å². The summed E-state index contributed by atoms with van der Waals surface area (Å²) in [6, 6.07) is 0. The zero-order chi connectivity index (χ0) is 34.7. The Morgan fingerprint density at radius 2 is 1.04 bits per heavy atom. The van der Waals surface area contributed by atoms with Gasteiger partial charge in [-0.1, -0.05) is 0 Å². The fourth-order valence-corrected chi connectivity index (χ4v) is 4.21. The monoisotopic (exact) mass is 636 g/mol. The fraction of sp³-hybridized carbons (Fsp3) is 0.594. The molecule has 0 saturated carbocycles. The molecule has 0 radical (unpaired) electrons. The average Bonchev–Trinajstić information content (AvgIpc) is 3.41. The molecule has 45 heavy (non-hydrogen) atoms. The number of carboxylic acid groups (broad SMARTS) is 1. The lowest BCUT2D eigenvalue weighted by Gasteiger charge is -2.19. The largest absolute Gasteiger partial charge is 0.481 e. The van der Waals surface area contributed by atoms with Crippen molar-refractivity contribution in [3.8, 4) is 0 Å². The molecule has 252 valence electrons. The summed E-state index contributed by atoms with van der Waals surface area (Å²) < 4.78 is 20.7. The number of hydrogen-bond donors (Lipinski definition) is 4. The van der Waals surface area contributed by atoms with Gasteiger partial charge in [0.25, 0.3) is 0 Å². The highest BCUT2D eigenvalue weighted by atomic mass is 16.6. The molecule has 0 aliphatic rings. The smallest absolute Gasteiger partial charge is 0.355 e. The van der Waals surface area contributed by atoms with Gasteiger partial charge in [-0.3, -0.25) is 4.79 Å². The SMILES string of the molecule is CCOC(=O)c1c(CCC(=O)O)[nH]c(C(=O)OC(C)(C)C)c1C.CCOC(=O)c1c(CCCO)[nH]c(C(=O)OC(C)(C)C)c1C. The first kappa shape index (κ1) is 38.9. The van der Waals surface area contributed by atoms with Crippen LogP contribution in [0, 0.1) is 13.8 Å². The van der Waals surface area contributed by atoms with E-state index in [1.54, 1.807) is 69.2 Å². The number of carbonyl (C=O) groups is 5. The number of aliphatic hydroxyl groups excluding tert-OH is 1. The molecule has 2 aromatic heterocycles. The molecule has 0 aromatic carbocycles. The molecule has 0 saturated heterocycles. The van der Waals surface area contributed by atoms with E-state index in [2.05, 4.69) is 9.97 Å². The van der Waals surface area contributed by atoms with Crippen molar-refractivity contribution in [1.29, 1.82) is 0 Å². The van der Waals surface area contributed by atoms with Crippen LogP contribution in [0.5, 0.6) is 0 Å². The molecule has 4 N–H and O–H groups in total. The van der Waals surface area contributed by atoms with Gasteiger partial charge in [-0.25, -0.2) is 19.2 Å². The summed E-state index contributed by atoms with van der Waals surface area (Å²) in [6.45, 7) is 17.7. The molecule has 0 bridgehead atoms. The summed E-state index contributed by atoms with van der Waals surface area (Å²) in [4.78, 5) is 65.3. The minimum Gasteiger partial charge on any atom is -0.481 e. The van der Waals surface area contributed by atoms with E-state index >= 15 is 0 Å². The topological polar surface area (TPSA) is 194 Å². The number of nitrogens with one attached hydrogen (secondary N) is 2. The number of carboxylic acids is 1. The first-order valence-corrected chi connectivity index (χ1v) is 14.8. The van der Waals surface area contributed by atoms with Gasteiger partial charge < -0.3 is 39.1 Å². The van der Waals surface area contributed by atoms with E-state index in [0.29, 0.717) is 40.9 Å². The lowest BCUT2D eigenvalue weighted by Crippen LogP contribution is -2.24. The van der Waals surface area contributed by atoms with Gasteiger partial charge in [0.2, 0.25) is 0 Å². The predicted octanol–water partition coefficient (Wildman–Crippen LogP) is 4.85. The maximum absolute atomic E-state index is 12.2. The number of ether oxygens (including phenoxy) is 4. The Kier molecular flexibility index (Phi) is 14.5. The Bertz CT molecular complexity index is 1350. The summed E-state index contributed by atoms with van der Waals surface area (Å²) in [5.74, 6) is -3.16. The van der Waals surface area contributed by atoms with Crippen molar-refractivity contribution >= 4 is 29.8 Å². The second-order valence-corrected chi connectivity index (χ2v) is 12.1. The van der Waals surface area contributed by atoms with Crippen LogP contribution in [0.3, 0.4) is 0 Å². The molecule has 2 aromatic rings. The lowest BCUT2D eigenvalue weighted by molar-refractivity contribution is -0.137. The third kappa shape index (κ3) is 12.1. The van der Waals surface area contributed by atoms with Gasteiger partial charge in [0.1, 0.15) is 22.6 Å². The van der Waals surface area contributed by atoms with Crippen molar-refractivity contribution in [2.75, 3.05) is 19.8 Å². The standard InChI is InChI=1S/C16H23NO6.C16H25NO5/c1-6-22-14(20)12-9(2)13(15(21)23-16(3,4)5)17-10(12)7-8-11(18)19;1-6-21-14(19)12-10(2)13(15(20)22-16(3,4)5)17-11(12)8-7-9-18/h17H,6-8H2,1-5H3,(H,18,19);17-18H,6-9H2,1-5H3. The number of aryl methyl sites for hydroxylation is 2. The summed E-state index contributed by atoms with van der Waals surface area (Å²) >= 11 is 0. The number of aliphatic carboxylic acids is 1. The zero-order valence-corrected chi connectivity index (χ0v) is 28.0. The van der Waals surface area contributed by atoms with Crippen molar-refractivity contribution < 1.29 is 53.1 Å². The van der Waals surface area contributed by atoms with Crippen LogP contribution in [0.4, 0.5) is 0 Å². The van der Waals surface area contributed by atoms with Crippen LogP contribution in [-0.2, 0) is 36.6 Å². The highest BCUT2D eigenvalue weighted by Crippen LogP contribution is 2.25. The van der Waals surface area contributed by atoms with Crippen molar-refractivity contribution in [2.24, 2.45) is 0 Å².